The maximum atomic E-state index is 11.3. The number of hydrogen-bond donors (Lipinski definition) is 2. The third-order valence-corrected chi connectivity index (χ3v) is 3.69. The zero-order valence-electron chi connectivity index (χ0n) is 10.4. The number of rotatable bonds is 4. The van der Waals surface area contributed by atoms with Crippen molar-refractivity contribution in [2.45, 2.75) is 11.4 Å². The van der Waals surface area contributed by atoms with E-state index in [9.17, 15) is 8.42 Å². The molecule has 2 aromatic rings. The van der Waals surface area contributed by atoms with Gasteiger partial charge in [-0.1, -0.05) is 18.2 Å². The van der Waals surface area contributed by atoms with Crippen molar-refractivity contribution < 1.29 is 8.42 Å². The predicted molar refractivity (Wildman–Crippen MR) is 71.9 cm³/mol. The van der Waals surface area contributed by atoms with Crippen LogP contribution in [0.5, 0.6) is 0 Å². The van der Waals surface area contributed by atoms with E-state index in [0.717, 1.165) is 11.8 Å². The normalized spacial score (nSPS) is 11.4. The Balaban J connectivity index is 2.24. The Labute approximate surface area is 111 Å². The number of nitrogen functional groups attached to an aromatic ring is 1. The number of hydrogen-bond acceptors (Lipinski definition) is 4. The van der Waals surface area contributed by atoms with Crippen molar-refractivity contribution in [2.75, 3.05) is 6.26 Å². The van der Waals surface area contributed by atoms with E-state index in [-0.39, 0.29) is 10.7 Å². The Morgan fingerprint density at radius 1 is 1.47 bits per heavy atom. The van der Waals surface area contributed by atoms with Crippen LogP contribution in [0.1, 0.15) is 11.1 Å². The largest absolute Gasteiger partial charge is 0.384 e. The number of nitrogens with two attached hydrogens (primary N) is 1. The van der Waals surface area contributed by atoms with Gasteiger partial charge in [-0.2, -0.15) is 5.10 Å². The Morgan fingerprint density at radius 3 is 2.79 bits per heavy atom. The molecule has 0 aliphatic carbocycles. The van der Waals surface area contributed by atoms with Crippen molar-refractivity contribution in [3.63, 3.8) is 0 Å². The van der Waals surface area contributed by atoms with Gasteiger partial charge in [0.25, 0.3) is 0 Å². The average Bonchev–Trinajstić information content (AvgIpc) is 2.77. The second-order valence-corrected chi connectivity index (χ2v) is 6.28. The molecule has 6 nitrogen and oxygen atoms in total. The lowest BCUT2D eigenvalue weighted by Crippen LogP contribution is -2.11. The van der Waals surface area contributed by atoms with Crippen LogP contribution in [0.4, 0.5) is 0 Å². The third kappa shape index (κ3) is 3.19. The molecule has 0 aliphatic rings. The van der Waals surface area contributed by atoms with Gasteiger partial charge in [0.1, 0.15) is 10.7 Å². The van der Waals surface area contributed by atoms with Gasteiger partial charge in [-0.3, -0.25) is 10.1 Å². The molecule has 19 heavy (non-hydrogen) atoms. The molecule has 0 saturated heterocycles. The molecule has 7 heteroatoms. The number of benzene rings is 1. The summed E-state index contributed by atoms with van der Waals surface area (Å²) in [6.07, 6.45) is 3.95. The van der Waals surface area contributed by atoms with Crippen LogP contribution in [-0.2, 0) is 16.4 Å². The fourth-order valence-electron chi connectivity index (χ4n) is 1.65. The zero-order valence-corrected chi connectivity index (χ0v) is 11.2. The van der Waals surface area contributed by atoms with E-state index in [2.05, 4.69) is 5.10 Å². The topological polar surface area (TPSA) is 102 Å². The van der Waals surface area contributed by atoms with Gasteiger partial charge in [-0.05, 0) is 11.6 Å². The molecule has 0 saturated carbocycles. The highest BCUT2D eigenvalue weighted by Crippen LogP contribution is 2.10. The SMILES string of the molecule is CS(=O)(=O)c1cnn(Cc2cccc(C(=N)N)c2)c1. The smallest absolute Gasteiger partial charge is 0.178 e. The summed E-state index contributed by atoms with van der Waals surface area (Å²) >= 11 is 0. The maximum absolute atomic E-state index is 11.3. The summed E-state index contributed by atoms with van der Waals surface area (Å²) in [6.45, 7) is 0.427. The lowest BCUT2D eigenvalue weighted by molar-refractivity contribution is 0.601. The van der Waals surface area contributed by atoms with Gasteiger partial charge in [-0.25, -0.2) is 8.42 Å². The van der Waals surface area contributed by atoms with Crippen molar-refractivity contribution in [1.82, 2.24) is 9.78 Å². The molecular formula is C12H14N4O2S. The van der Waals surface area contributed by atoms with Crippen LogP contribution >= 0.6 is 0 Å². The van der Waals surface area contributed by atoms with Gasteiger partial charge in [0.15, 0.2) is 9.84 Å². The summed E-state index contributed by atoms with van der Waals surface area (Å²) in [6, 6.07) is 7.20. The summed E-state index contributed by atoms with van der Waals surface area (Å²) < 4.78 is 24.2. The van der Waals surface area contributed by atoms with Crippen LogP contribution in [0.25, 0.3) is 0 Å². The van der Waals surface area contributed by atoms with E-state index >= 15 is 0 Å². The molecule has 1 aromatic carbocycles. The summed E-state index contributed by atoms with van der Waals surface area (Å²) in [7, 11) is -3.23. The molecule has 100 valence electrons. The monoisotopic (exact) mass is 278 g/mol. The standard InChI is InChI=1S/C12H14N4O2S/c1-19(17,18)11-6-15-16(8-11)7-9-3-2-4-10(5-9)12(13)14/h2-6,8H,7H2,1H3,(H3,13,14). The van der Waals surface area contributed by atoms with Crippen molar-refractivity contribution in [3.8, 4) is 0 Å². The Bertz CT molecular complexity index is 719. The van der Waals surface area contributed by atoms with Crippen LogP contribution in [0.3, 0.4) is 0 Å². The lowest BCUT2D eigenvalue weighted by Gasteiger charge is -2.04. The van der Waals surface area contributed by atoms with E-state index < -0.39 is 9.84 Å². The molecule has 0 amide bonds. The van der Waals surface area contributed by atoms with Crippen molar-refractivity contribution in [1.29, 1.82) is 5.41 Å². The Kier molecular flexibility index (Phi) is 3.39. The first-order chi connectivity index (χ1) is 8.86. The maximum Gasteiger partial charge on any atom is 0.178 e. The predicted octanol–water partition coefficient (Wildman–Crippen LogP) is 0.619. The zero-order chi connectivity index (χ0) is 14.0. The van der Waals surface area contributed by atoms with Crippen molar-refractivity contribution in [3.05, 3.63) is 47.8 Å². The second kappa shape index (κ2) is 4.85. The molecule has 0 spiro atoms. The Hall–Kier alpha value is -2.15. The molecule has 0 bridgehead atoms. The fourth-order valence-corrected chi connectivity index (χ4v) is 2.20. The van der Waals surface area contributed by atoms with Crippen LogP contribution in [0, 0.1) is 5.41 Å². The first-order valence-electron chi connectivity index (χ1n) is 5.52. The van der Waals surface area contributed by atoms with E-state index in [1.54, 1.807) is 18.2 Å². The quantitative estimate of drug-likeness (QED) is 0.632. The van der Waals surface area contributed by atoms with E-state index in [4.69, 9.17) is 11.1 Å². The third-order valence-electron chi connectivity index (χ3n) is 2.62. The number of sulfone groups is 1. The van der Waals surface area contributed by atoms with E-state index in [0.29, 0.717) is 12.1 Å². The van der Waals surface area contributed by atoms with E-state index in [1.165, 1.54) is 17.1 Å². The molecular weight excluding hydrogens is 264 g/mol. The van der Waals surface area contributed by atoms with Gasteiger partial charge in [-0.15, -0.1) is 0 Å². The molecule has 0 radical (unpaired) electrons. The molecule has 1 aromatic heterocycles. The van der Waals surface area contributed by atoms with Crippen LogP contribution < -0.4 is 5.73 Å². The highest BCUT2D eigenvalue weighted by Gasteiger charge is 2.10. The van der Waals surface area contributed by atoms with Gasteiger partial charge in [0, 0.05) is 18.0 Å². The minimum Gasteiger partial charge on any atom is -0.384 e. The first-order valence-corrected chi connectivity index (χ1v) is 7.41. The van der Waals surface area contributed by atoms with Crippen LogP contribution in [-0.4, -0.2) is 30.3 Å². The number of amidine groups is 1. The number of nitrogens with zero attached hydrogens (tertiary/aromatic N) is 2. The Morgan fingerprint density at radius 2 is 2.21 bits per heavy atom. The molecule has 0 unspecified atom stereocenters. The fraction of sp³-hybridized carbons (Fsp3) is 0.167. The van der Waals surface area contributed by atoms with Gasteiger partial charge in [0.05, 0.1) is 12.7 Å². The lowest BCUT2D eigenvalue weighted by atomic mass is 10.1. The minimum atomic E-state index is -3.23. The van der Waals surface area contributed by atoms with Gasteiger partial charge in [0.2, 0.25) is 0 Å². The highest BCUT2D eigenvalue weighted by atomic mass is 32.2. The molecule has 3 N–H and O–H groups in total. The summed E-state index contributed by atoms with van der Waals surface area (Å²) in [5.74, 6) is -0.000796. The molecule has 0 atom stereocenters. The van der Waals surface area contributed by atoms with Gasteiger partial charge >= 0.3 is 0 Å². The summed E-state index contributed by atoms with van der Waals surface area (Å²) in [5.41, 5.74) is 6.95. The second-order valence-electron chi connectivity index (χ2n) is 4.26. The molecule has 1 heterocycles. The minimum absolute atomic E-state index is 0.000796. The van der Waals surface area contributed by atoms with Crippen molar-refractivity contribution >= 4 is 15.7 Å². The number of aromatic nitrogens is 2. The highest BCUT2D eigenvalue weighted by molar-refractivity contribution is 7.90. The average molecular weight is 278 g/mol. The van der Waals surface area contributed by atoms with Crippen molar-refractivity contribution in [2.24, 2.45) is 5.73 Å². The number of nitrogens with one attached hydrogen (secondary N) is 1. The first kappa shape index (κ1) is 13.3. The van der Waals surface area contributed by atoms with Crippen LogP contribution in [0.15, 0.2) is 41.6 Å². The van der Waals surface area contributed by atoms with Crippen LogP contribution in [0.2, 0.25) is 0 Å². The molecule has 0 aliphatic heterocycles. The summed E-state index contributed by atoms with van der Waals surface area (Å²) in [4.78, 5) is 0.190. The van der Waals surface area contributed by atoms with E-state index in [1.807, 2.05) is 6.07 Å². The molecule has 0 fully saturated rings. The molecule has 2 rings (SSSR count). The summed E-state index contributed by atoms with van der Waals surface area (Å²) in [5, 5.41) is 11.4. The van der Waals surface area contributed by atoms with Gasteiger partial charge < -0.3 is 5.73 Å².